The van der Waals surface area contributed by atoms with Crippen LogP contribution in [0.5, 0.6) is 0 Å². The molecule has 7 heteroatoms. The van der Waals surface area contributed by atoms with Gasteiger partial charge in [-0.15, -0.1) is 5.10 Å². The quantitative estimate of drug-likeness (QED) is 0.795. The molecule has 0 aliphatic rings. The number of nitrogens with zero attached hydrogens (tertiary/aromatic N) is 3. The Labute approximate surface area is 121 Å². The zero-order valence-electron chi connectivity index (χ0n) is 12.2. The van der Waals surface area contributed by atoms with Crippen molar-refractivity contribution in [1.82, 2.24) is 15.0 Å². The number of carbonyl (C=O) groups excluding carboxylic acids is 2. The average Bonchev–Trinajstić information content (AvgIpc) is 2.93. The van der Waals surface area contributed by atoms with Crippen molar-refractivity contribution in [2.24, 2.45) is 0 Å². The monoisotopic (exact) mass is 289 g/mol. The van der Waals surface area contributed by atoms with Crippen LogP contribution in [0.4, 0.5) is 0 Å². The maximum Gasteiger partial charge on any atom is 0.361 e. The van der Waals surface area contributed by atoms with Crippen LogP contribution in [0.15, 0.2) is 18.2 Å². The number of aromatic nitrogens is 3. The highest BCUT2D eigenvalue weighted by atomic mass is 16.5. The van der Waals surface area contributed by atoms with Gasteiger partial charge in [0, 0.05) is 0 Å². The summed E-state index contributed by atoms with van der Waals surface area (Å²) in [6.45, 7) is 3.91. The summed E-state index contributed by atoms with van der Waals surface area (Å²) in [7, 11) is 2.43. The van der Waals surface area contributed by atoms with Crippen LogP contribution < -0.4 is 0 Å². The van der Waals surface area contributed by atoms with E-state index in [2.05, 4.69) is 15.0 Å². The van der Waals surface area contributed by atoms with E-state index in [1.54, 1.807) is 6.07 Å². The van der Waals surface area contributed by atoms with Crippen molar-refractivity contribution < 1.29 is 19.1 Å². The first-order valence-corrected chi connectivity index (χ1v) is 6.19. The zero-order valence-corrected chi connectivity index (χ0v) is 12.2. The Bertz CT molecular complexity index is 706. The maximum absolute atomic E-state index is 11.9. The fourth-order valence-corrected chi connectivity index (χ4v) is 1.83. The smallest absolute Gasteiger partial charge is 0.361 e. The molecule has 0 aliphatic carbocycles. The van der Waals surface area contributed by atoms with Crippen LogP contribution in [0, 0.1) is 13.8 Å². The van der Waals surface area contributed by atoms with Crippen LogP contribution in [-0.2, 0) is 9.47 Å². The molecule has 0 bridgehead atoms. The highest BCUT2D eigenvalue weighted by Crippen LogP contribution is 2.18. The second-order valence-electron chi connectivity index (χ2n) is 4.45. The predicted octanol–water partition coefficient (Wildman–Crippen LogP) is 1.46. The summed E-state index contributed by atoms with van der Waals surface area (Å²) in [4.78, 5) is 23.6. The maximum atomic E-state index is 11.9. The van der Waals surface area contributed by atoms with E-state index in [1.807, 2.05) is 26.0 Å². The highest BCUT2D eigenvalue weighted by molar-refractivity contribution is 6.00. The van der Waals surface area contributed by atoms with Gasteiger partial charge in [-0.05, 0) is 37.1 Å². The summed E-state index contributed by atoms with van der Waals surface area (Å²) in [6.07, 6.45) is 0. The molecule has 1 heterocycles. The van der Waals surface area contributed by atoms with Gasteiger partial charge in [-0.2, -0.15) is 0 Å². The van der Waals surface area contributed by atoms with E-state index in [9.17, 15) is 9.59 Å². The Balaban J connectivity index is 2.63. The van der Waals surface area contributed by atoms with E-state index in [4.69, 9.17) is 4.74 Å². The molecule has 0 amide bonds. The molecule has 2 rings (SSSR count). The Morgan fingerprint density at radius 2 is 1.71 bits per heavy atom. The van der Waals surface area contributed by atoms with Gasteiger partial charge in [-0.25, -0.2) is 14.3 Å². The van der Waals surface area contributed by atoms with Gasteiger partial charge in [-0.3, -0.25) is 0 Å². The lowest BCUT2D eigenvalue weighted by Crippen LogP contribution is -2.15. The fourth-order valence-electron chi connectivity index (χ4n) is 1.83. The first kappa shape index (κ1) is 14.7. The summed E-state index contributed by atoms with van der Waals surface area (Å²) in [5, 5.41) is 7.58. The SMILES string of the molecule is COC(=O)c1nnn(-c2ccc(C)c(C)c2)c1C(=O)OC. The number of carbonyl (C=O) groups is 2. The molecule has 2 aromatic rings. The molecule has 7 nitrogen and oxygen atoms in total. The third kappa shape index (κ3) is 2.62. The molecule has 110 valence electrons. The molecule has 0 aliphatic heterocycles. The average molecular weight is 289 g/mol. The van der Waals surface area contributed by atoms with Gasteiger partial charge in [0.05, 0.1) is 19.9 Å². The van der Waals surface area contributed by atoms with Crippen molar-refractivity contribution in [2.75, 3.05) is 14.2 Å². The van der Waals surface area contributed by atoms with Crippen molar-refractivity contribution in [3.05, 3.63) is 40.7 Å². The molecule has 1 aromatic carbocycles. The van der Waals surface area contributed by atoms with Gasteiger partial charge in [0.1, 0.15) is 0 Å². The fraction of sp³-hybridized carbons (Fsp3) is 0.286. The number of hydrogen-bond donors (Lipinski definition) is 0. The Morgan fingerprint density at radius 3 is 2.29 bits per heavy atom. The second kappa shape index (κ2) is 5.74. The summed E-state index contributed by atoms with van der Waals surface area (Å²) < 4.78 is 10.6. The molecule has 0 fully saturated rings. The van der Waals surface area contributed by atoms with Crippen LogP contribution in [-0.4, -0.2) is 41.2 Å². The molecular formula is C14H15N3O4. The zero-order chi connectivity index (χ0) is 15.6. The summed E-state index contributed by atoms with van der Waals surface area (Å²) >= 11 is 0. The lowest BCUT2D eigenvalue weighted by atomic mass is 10.1. The number of benzene rings is 1. The highest BCUT2D eigenvalue weighted by Gasteiger charge is 2.27. The van der Waals surface area contributed by atoms with E-state index < -0.39 is 11.9 Å². The van der Waals surface area contributed by atoms with Gasteiger partial charge >= 0.3 is 11.9 Å². The number of aryl methyl sites for hydroxylation is 2. The number of ether oxygens (including phenoxy) is 2. The summed E-state index contributed by atoms with van der Waals surface area (Å²) in [5.41, 5.74) is 2.50. The van der Waals surface area contributed by atoms with Crippen LogP contribution in [0.25, 0.3) is 5.69 Å². The summed E-state index contributed by atoms with van der Waals surface area (Å²) in [6, 6.07) is 5.52. The van der Waals surface area contributed by atoms with E-state index in [1.165, 1.54) is 18.9 Å². The normalized spacial score (nSPS) is 10.3. The standard InChI is InChI=1S/C14H15N3O4/c1-8-5-6-10(7-9(8)2)17-12(14(19)21-4)11(15-16-17)13(18)20-3/h5-7H,1-4H3. The van der Waals surface area contributed by atoms with E-state index in [-0.39, 0.29) is 11.4 Å². The molecule has 0 saturated heterocycles. The lowest BCUT2D eigenvalue weighted by molar-refractivity contribution is 0.0546. The molecular weight excluding hydrogens is 274 g/mol. The van der Waals surface area contributed by atoms with Crippen LogP contribution in [0.3, 0.4) is 0 Å². The number of methoxy groups -OCH3 is 2. The first-order valence-electron chi connectivity index (χ1n) is 6.19. The minimum Gasteiger partial charge on any atom is -0.464 e. The minimum absolute atomic E-state index is 0.0624. The van der Waals surface area contributed by atoms with Crippen molar-refractivity contribution in [3.8, 4) is 5.69 Å². The Hall–Kier alpha value is -2.70. The lowest BCUT2D eigenvalue weighted by Gasteiger charge is -2.08. The van der Waals surface area contributed by atoms with Gasteiger partial charge in [0.2, 0.25) is 5.69 Å². The largest absolute Gasteiger partial charge is 0.464 e. The number of esters is 2. The van der Waals surface area contributed by atoms with Crippen LogP contribution in [0.1, 0.15) is 32.1 Å². The summed E-state index contributed by atoms with van der Waals surface area (Å²) in [5.74, 6) is -1.45. The van der Waals surface area contributed by atoms with E-state index in [0.29, 0.717) is 5.69 Å². The molecule has 0 spiro atoms. The van der Waals surface area contributed by atoms with Gasteiger partial charge in [0.25, 0.3) is 0 Å². The van der Waals surface area contributed by atoms with Gasteiger partial charge in [-0.1, -0.05) is 11.3 Å². The van der Waals surface area contributed by atoms with E-state index in [0.717, 1.165) is 11.1 Å². The molecule has 0 unspecified atom stereocenters. The van der Waals surface area contributed by atoms with Crippen molar-refractivity contribution >= 4 is 11.9 Å². The Kier molecular flexibility index (Phi) is 4.02. The van der Waals surface area contributed by atoms with Crippen molar-refractivity contribution in [1.29, 1.82) is 0 Å². The predicted molar refractivity (Wildman–Crippen MR) is 73.5 cm³/mol. The Morgan fingerprint density at radius 1 is 1.05 bits per heavy atom. The van der Waals surface area contributed by atoms with Gasteiger partial charge in [0.15, 0.2) is 5.69 Å². The van der Waals surface area contributed by atoms with Crippen molar-refractivity contribution in [2.45, 2.75) is 13.8 Å². The minimum atomic E-state index is -0.745. The third-order valence-corrected chi connectivity index (χ3v) is 3.16. The third-order valence-electron chi connectivity index (χ3n) is 3.16. The van der Waals surface area contributed by atoms with Crippen LogP contribution >= 0.6 is 0 Å². The first-order chi connectivity index (χ1) is 9.99. The topological polar surface area (TPSA) is 83.3 Å². The number of hydrogen-bond acceptors (Lipinski definition) is 6. The van der Waals surface area contributed by atoms with E-state index >= 15 is 0 Å². The molecule has 0 saturated carbocycles. The van der Waals surface area contributed by atoms with Gasteiger partial charge < -0.3 is 9.47 Å². The molecule has 0 radical (unpaired) electrons. The molecule has 21 heavy (non-hydrogen) atoms. The molecule has 0 atom stereocenters. The number of rotatable bonds is 3. The molecule has 1 aromatic heterocycles. The van der Waals surface area contributed by atoms with Crippen LogP contribution in [0.2, 0.25) is 0 Å². The molecule has 0 N–H and O–H groups in total. The van der Waals surface area contributed by atoms with Crippen molar-refractivity contribution in [3.63, 3.8) is 0 Å². The second-order valence-corrected chi connectivity index (χ2v) is 4.45.